The first-order chi connectivity index (χ1) is 9.47. The molecule has 0 atom stereocenters. The van der Waals surface area contributed by atoms with Crippen LogP contribution in [-0.2, 0) is 16.4 Å². The van der Waals surface area contributed by atoms with Crippen molar-refractivity contribution in [3.63, 3.8) is 0 Å². The summed E-state index contributed by atoms with van der Waals surface area (Å²) in [6.07, 6.45) is 1.76. The Morgan fingerprint density at radius 1 is 1.30 bits per heavy atom. The van der Waals surface area contributed by atoms with Crippen molar-refractivity contribution >= 4 is 15.9 Å². The number of rotatable bonds is 5. The van der Waals surface area contributed by atoms with Crippen molar-refractivity contribution < 1.29 is 17.8 Å². The Hall–Kier alpha value is -2.26. The van der Waals surface area contributed by atoms with Crippen LogP contribution in [0.15, 0.2) is 40.0 Å². The maximum atomic E-state index is 11.5. The second kappa shape index (κ2) is 5.80. The summed E-state index contributed by atoms with van der Waals surface area (Å²) in [6.45, 7) is 0.375. The van der Waals surface area contributed by atoms with E-state index in [2.05, 4.69) is 20.3 Å². The number of nitrogens with zero attached hydrogens (tertiary/aromatic N) is 2. The van der Waals surface area contributed by atoms with E-state index in [-0.39, 0.29) is 16.5 Å². The summed E-state index contributed by atoms with van der Waals surface area (Å²) in [7, 11) is -3.68. The quantitative estimate of drug-likeness (QED) is 0.778. The van der Waals surface area contributed by atoms with Crippen LogP contribution in [0.25, 0.3) is 0 Å². The van der Waals surface area contributed by atoms with Crippen LogP contribution in [0.5, 0.6) is 0 Å². The molecule has 9 heteroatoms. The van der Waals surface area contributed by atoms with Gasteiger partial charge in [0.1, 0.15) is 6.20 Å². The van der Waals surface area contributed by atoms with E-state index < -0.39 is 10.0 Å². The first kappa shape index (κ1) is 14.2. The topological polar surface area (TPSA) is 128 Å². The number of sulfonamides is 1. The van der Waals surface area contributed by atoms with Crippen LogP contribution < -0.4 is 10.5 Å². The summed E-state index contributed by atoms with van der Waals surface area (Å²) >= 11 is 0. The van der Waals surface area contributed by atoms with E-state index in [1.807, 2.05) is 0 Å². The molecule has 2 aromatic rings. The van der Waals surface area contributed by atoms with E-state index in [9.17, 15) is 13.2 Å². The second-order valence-corrected chi connectivity index (χ2v) is 5.55. The van der Waals surface area contributed by atoms with Crippen LogP contribution in [0.2, 0.25) is 0 Å². The van der Waals surface area contributed by atoms with Gasteiger partial charge in [0.15, 0.2) is 5.69 Å². The fraction of sp³-hybridized carbons (Fsp3) is 0.182. The molecule has 0 aliphatic heterocycles. The van der Waals surface area contributed by atoms with Gasteiger partial charge < -0.3 is 5.32 Å². The molecule has 106 valence electrons. The van der Waals surface area contributed by atoms with Gasteiger partial charge in [-0.25, -0.2) is 18.2 Å². The molecule has 20 heavy (non-hydrogen) atoms. The van der Waals surface area contributed by atoms with Gasteiger partial charge in [0.2, 0.25) is 10.0 Å². The molecule has 0 saturated heterocycles. The molecule has 0 aliphatic rings. The van der Waals surface area contributed by atoms with Gasteiger partial charge in [-0.05, 0) is 29.3 Å². The Labute approximate surface area is 115 Å². The van der Waals surface area contributed by atoms with Crippen molar-refractivity contribution in [2.45, 2.75) is 11.3 Å². The first-order valence-electron chi connectivity index (χ1n) is 5.64. The number of nitrogens with one attached hydrogen (secondary N) is 1. The van der Waals surface area contributed by atoms with E-state index in [1.54, 1.807) is 12.1 Å². The highest BCUT2D eigenvalue weighted by Crippen LogP contribution is 2.08. The maximum absolute atomic E-state index is 11.5. The van der Waals surface area contributed by atoms with E-state index in [1.165, 1.54) is 18.3 Å². The molecule has 1 heterocycles. The minimum absolute atomic E-state index is 0.0546. The Balaban J connectivity index is 1.87. The number of nitrogens with two attached hydrogens (primary N) is 1. The summed E-state index contributed by atoms with van der Waals surface area (Å²) in [5, 5.41) is 14.4. The third-order valence-corrected chi connectivity index (χ3v) is 3.47. The standard InChI is InChI=1S/C11H12N4O4S/c12-20(17,18)9-3-1-8(2-4-9)5-6-13-11(16)10-7-14-19-15-10/h1-4,7H,5-6H2,(H,13,16)(H2,12,17,18). The molecule has 2 rings (SSSR count). The van der Waals surface area contributed by atoms with Crippen LogP contribution in [0.3, 0.4) is 0 Å². The monoisotopic (exact) mass is 296 g/mol. The lowest BCUT2D eigenvalue weighted by Gasteiger charge is -2.04. The predicted octanol–water partition coefficient (Wildman–Crippen LogP) is -0.311. The summed E-state index contributed by atoms with van der Waals surface area (Å²) < 4.78 is 26.5. The first-order valence-corrected chi connectivity index (χ1v) is 7.19. The zero-order valence-electron chi connectivity index (χ0n) is 10.3. The summed E-state index contributed by atoms with van der Waals surface area (Å²) in [5.41, 5.74) is 0.977. The fourth-order valence-corrected chi connectivity index (χ4v) is 2.04. The van der Waals surface area contributed by atoms with Crippen molar-refractivity contribution in [3.8, 4) is 0 Å². The Bertz CT molecular complexity index is 680. The van der Waals surface area contributed by atoms with Crippen LogP contribution >= 0.6 is 0 Å². The van der Waals surface area contributed by atoms with Gasteiger partial charge in [-0.15, -0.1) is 0 Å². The third kappa shape index (κ3) is 3.62. The SMILES string of the molecule is NS(=O)(=O)c1ccc(CCNC(=O)c2cnon2)cc1. The molecule has 3 N–H and O–H groups in total. The molecule has 0 fully saturated rings. The number of carbonyl (C=O) groups is 1. The van der Waals surface area contributed by atoms with Crippen molar-refractivity contribution in [1.29, 1.82) is 0 Å². The van der Waals surface area contributed by atoms with E-state index >= 15 is 0 Å². The average Bonchev–Trinajstić information content (AvgIpc) is 2.92. The van der Waals surface area contributed by atoms with E-state index in [0.717, 1.165) is 5.56 Å². The van der Waals surface area contributed by atoms with Gasteiger partial charge in [-0.1, -0.05) is 17.3 Å². The van der Waals surface area contributed by atoms with Gasteiger partial charge >= 0.3 is 0 Å². The van der Waals surface area contributed by atoms with Crippen LogP contribution in [0, 0.1) is 0 Å². The van der Waals surface area contributed by atoms with E-state index in [4.69, 9.17) is 5.14 Å². The molecular formula is C11H12N4O4S. The molecule has 0 radical (unpaired) electrons. The summed E-state index contributed by atoms with van der Waals surface area (Å²) in [5.74, 6) is -0.382. The van der Waals surface area contributed by atoms with Crippen molar-refractivity contribution in [3.05, 3.63) is 41.7 Å². The lowest BCUT2D eigenvalue weighted by molar-refractivity contribution is 0.0944. The minimum atomic E-state index is -3.68. The molecule has 8 nitrogen and oxygen atoms in total. The molecule has 1 aromatic heterocycles. The largest absolute Gasteiger partial charge is 0.350 e. The molecule has 0 aliphatic carbocycles. The predicted molar refractivity (Wildman–Crippen MR) is 68.2 cm³/mol. The second-order valence-electron chi connectivity index (χ2n) is 3.99. The fourth-order valence-electron chi connectivity index (χ4n) is 1.52. The number of primary sulfonamides is 1. The van der Waals surface area contributed by atoms with Gasteiger partial charge in [-0.2, -0.15) is 0 Å². The lowest BCUT2D eigenvalue weighted by Crippen LogP contribution is -2.25. The summed E-state index contributed by atoms with van der Waals surface area (Å²) in [6, 6.07) is 6.13. The minimum Gasteiger partial charge on any atom is -0.350 e. The lowest BCUT2D eigenvalue weighted by atomic mass is 10.1. The molecule has 0 unspecified atom stereocenters. The van der Waals surface area contributed by atoms with Crippen LogP contribution in [-0.4, -0.2) is 31.2 Å². The van der Waals surface area contributed by atoms with Gasteiger partial charge in [0, 0.05) is 6.54 Å². The highest BCUT2D eigenvalue weighted by atomic mass is 32.2. The highest BCUT2D eigenvalue weighted by molar-refractivity contribution is 7.89. The highest BCUT2D eigenvalue weighted by Gasteiger charge is 2.09. The Morgan fingerprint density at radius 2 is 2.00 bits per heavy atom. The van der Waals surface area contributed by atoms with Crippen LogP contribution in [0.1, 0.15) is 16.1 Å². The molecule has 0 saturated carbocycles. The van der Waals surface area contributed by atoms with Gasteiger partial charge in [-0.3, -0.25) is 4.79 Å². The molecule has 0 bridgehead atoms. The van der Waals surface area contributed by atoms with E-state index in [0.29, 0.717) is 13.0 Å². The van der Waals surface area contributed by atoms with Gasteiger partial charge in [0.05, 0.1) is 4.90 Å². The number of aromatic nitrogens is 2. The summed E-state index contributed by atoms with van der Waals surface area (Å²) in [4.78, 5) is 11.6. The Kier molecular flexibility index (Phi) is 4.11. The van der Waals surface area contributed by atoms with Crippen molar-refractivity contribution in [1.82, 2.24) is 15.6 Å². The number of hydrogen-bond donors (Lipinski definition) is 2. The maximum Gasteiger partial charge on any atom is 0.275 e. The smallest absolute Gasteiger partial charge is 0.275 e. The van der Waals surface area contributed by atoms with Crippen LogP contribution in [0.4, 0.5) is 0 Å². The molecule has 1 aromatic carbocycles. The third-order valence-electron chi connectivity index (χ3n) is 2.55. The van der Waals surface area contributed by atoms with Gasteiger partial charge in [0.25, 0.3) is 5.91 Å². The number of carbonyl (C=O) groups excluding carboxylic acids is 1. The molecular weight excluding hydrogens is 284 g/mol. The number of amides is 1. The van der Waals surface area contributed by atoms with Crippen molar-refractivity contribution in [2.24, 2.45) is 5.14 Å². The van der Waals surface area contributed by atoms with Crippen molar-refractivity contribution in [2.75, 3.05) is 6.54 Å². The molecule has 1 amide bonds. The molecule has 0 spiro atoms. The average molecular weight is 296 g/mol. The number of hydrogen-bond acceptors (Lipinski definition) is 6. The normalized spacial score (nSPS) is 11.2. The number of benzene rings is 1. The zero-order valence-corrected chi connectivity index (χ0v) is 11.1. The zero-order chi connectivity index (χ0) is 14.6. The Morgan fingerprint density at radius 3 is 2.55 bits per heavy atom.